The summed E-state index contributed by atoms with van der Waals surface area (Å²) >= 11 is 0. The van der Waals surface area contributed by atoms with Gasteiger partial charge in [-0.2, -0.15) is 0 Å². The largest absolute Gasteiger partial charge is 0.465 e. The van der Waals surface area contributed by atoms with Gasteiger partial charge in [0.1, 0.15) is 11.3 Å². The lowest BCUT2D eigenvalue weighted by Crippen LogP contribution is -1.96. The van der Waals surface area contributed by atoms with Gasteiger partial charge < -0.3 is 14.3 Å². The third kappa shape index (κ3) is 2.99. The molecule has 0 aliphatic heterocycles. The first-order chi connectivity index (χ1) is 8.69. The predicted molar refractivity (Wildman–Crippen MR) is 68.5 cm³/mol. The number of fused-ring (bicyclic) bond motifs is 1. The molecule has 0 aliphatic rings. The molecule has 0 amide bonds. The van der Waals surface area contributed by atoms with E-state index >= 15 is 0 Å². The third-order valence-corrected chi connectivity index (χ3v) is 2.49. The average molecular weight is 246 g/mol. The van der Waals surface area contributed by atoms with Crippen LogP contribution in [0, 0.1) is 5.92 Å². The van der Waals surface area contributed by atoms with Crippen molar-refractivity contribution in [3.63, 3.8) is 0 Å². The molecule has 0 saturated carbocycles. The predicted octanol–water partition coefficient (Wildman–Crippen LogP) is 2.31. The standard InChI is InChI=1S/C14H14O4/c1-10(9-15)6-7-17-12-4-2-11-3-5-14(16)18-13(11)8-12/h2-8,10,15H,9H2,1H3/b7-6+. The van der Waals surface area contributed by atoms with Crippen LogP contribution in [-0.2, 0) is 0 Å². The highest BCUT2D eigenvalue weighted by atomic mass is 16.5. The van der Waals surface area contributed by atoms with Crippen molar-refractivity contribution < 1.29 is 14.3 Å². The molecule has 2 aromatic rings. The maximum atomic E-state index is 11.1. The van der Waals surface area contributed by atoms with Crippen LogP contribution < -0.4 is 10.4 Å². The van der Waals surface area contributed by atoms with Crippen molar-refractivity contribution in [3.8, 4) is 5.75 Å². The molecule has 1 unspecified atom stereocenters. The van der Waals surface area contributed by atoms with Crippen molar-refractivity contribution >= 4 is 11.0 Å². The van der Waals surface area contributed by atoms with Crippen LogP contribution in [0.15, 0.2) is 51.9 Å². The lowest BCUT2D eigenvalue weighted by Gasteiger charge is -2.03. The second-order valence-electron chi connectivity index (χ2n) is 4.06. The Kier molecular flexibility index (Phi) is 3.79. The summed E-state index contributed by atoms with van der Waals surface area (Å²) < 4.78 is 10.4. The molecule has 1 atom stereocenters. The van der Waals surface area contributed by atoms with Gasteiger partial charge in [-0.3, -0.25) is 0 Å². The minimum atomic E-state index is -0.385. The summed E-state index contributed by atoms with van der Waals surface area (Å²) in [6, 6.07) is 8.35. The SMILES string of the molecule is CC(/C=C/Oc1ccc2ccc(=O)oc2c1)CO. The molecule has 18 heavy (non-hydrogen) atoms. The Hall–Kier alpha value is -2.07. The van der Waals surface area contributed by atoms with E-state index in [-0.39, 0.29) is 18.2 Å². The zero-order chi connectivity index (χ0) is 13.0. The summed E-state index contributed by atoms with van der Waals surface area (Å²) in [5.74, 6) is 0.627. The van der Waals surface area contributed by atoms with Gasteiger partial charge in [-0.1, -0.05) is 6.92 Å². The van der Waals surface area contributed by atoms with Crippen molar-refractivity contribution in [2.45, 2.75) is 6.92 Å². The van der Waals surface area contributed by atoms with Gasteiger partial charge in [-0.05, 0) is 24.3 Å². The Bertz CT molecular complexity index is 612. The second-order valence-corrected chi connectivity index (χ2v) is 4.06. The zero-order valence-electron chi connectivity index (χ0n) is 10.00. The molecule has 0 radical (unpaired) electrons. The fourth-order valence-corrected chi connectivity index (χ4v) is 1.43. The van der Waals surface area contributed by atoms with Crippen LogP contribution in [0.4, 0.5) is 0 Å². The molecule has 94 valence electrons. The normalized spacial score (nSPS) is 13.0. The molecule has 4 heteroatoms. The Morgan fingerprint density at radius 3 is 2.94 bits per heavy atom. The lowest BCUT2D eigenvalue weighted by molar-refractivity contribution is 0.260. The summed E-state index contributed by atoms with van der Waals surface area (Å²) in [7, 11) is 0. The van der Waals surface area contributed by atoms with E-state index in [9.17, 15) is 4.79 Å². The Morgan fingerprint density at radius 1 is 1.39 bits per heavy atom. The summed E-state index contributed by atoms with van der Waals surface area (Å²) in [5.41, 5.74) is 0.104. The van der Waals surface area contributed by atoms with Crippen molar-refractivity contribution in [1.82, 2.24) is 0 Å². The molecular weight excluding hydrogens is 232 g/mol. The van der Waals surface area contributed by atoms with Crippen molar-refractivity contribution in [2.75, 3.05) is 6.61 Å². The van der Waals surface area contributed by atoms with Crippen LogP contribution in [-0.4, -0.2) is 11.7 Å². The quantitative estimate of drug-likeness (QED) is 0.664. The first kappa shape index (κ1) is 12.4. The van der Waals surface area contributed by atoms with E-state index in [0.717, 1.165) is 5.39 Å². The van der Waals surface area contributed by atoms with Crippen LogP contribution in [0.1, 0.15) is 6.92 Å². The van der Waals surface area contributed by atoms with Gasteiger partial charge in [-0.15, -0.1) is 0 Å². The smallest absolute Gasteiger partial charge is 0.336 e. The van der Waals surface area contributed by atoms with Gasteiger partial charge in [-0.25, -0.2) is 4.79 Å². The number of hydrogen-bond acceptors (Lipinski definition) is 4. The minimum absolute atomic E-state index is 0.0448. The molecule has 1 heterocycles. The Morgan fingerprint density at radius 2 is 2.17 bits per heavy atom. The maximum Gasteiger partial charge on any atom is 0.336 e. The summed E-state index contributed by atoms with van der Waals surface area (Å²) in [6.45, 7) is 1.95. The summed E-state index contributed by atoms with van der Waals surface area (Å²) in [5, 5.41) is 9.69. The van der Waals surface area contributed by atoms with Gasteiger partial charge in [0.25, 0.3) is 0 Å². The molecule has 0 fully saturated rings. The lowest BCUT2D eigenvalue weighted by atomic mass is 10.2. The van der Waals surface area contributed by atoms with E-state index in [2.05, 4.69) is 0 Å². The van der Waals surface area contributed by atoms with Gasteiger partial charge in [0.2, 0.25) is 0 Å². The molecule has 1 aromatic heterocycles. The van der Waals surface area contributed by atoms with Crippen LogP contribution in [0.3, 0.4) is 0 Å². The van der Waals surface area contributed by atoms with Gasteiger partial charge in [0, 0.05) is 30.0 Å². The van der Waals surface area contributed by atoms with E-state index in [0.29, 0.717) is 11.3 Å². The fourth-order valence-electron chi connectivity index (χ4n) is 1.43. The second kappa shape index (κ2) is 5.51. The molecule has 4 nitrogen and oxygen atoms in total. The van der Waals surface area contributed by atoms with Crippen LogP contribution in [0.25, 0.3) is 11.0 Å². The van der Waals surface area contributed by atoms with Crippen LogP contribution in [0.5, 0.6) is 5.75 Å². The number of hydrogen-bond donors (Lipinski definition) is 1. The number of benzene rings is 1. The molecule has 0 saturated heterocycles. The highest BCUT2D eigenvalue weighted by Gasteiger charge is 1.99. The van der Waals surface area contributed by atoms with E-state index < -0.39 is 0 Å². The fraction of sp³-hybridized carbons (Fsp3) is 0.214. The average Bonchev–Trinajstić information content (AvgIpc) is 2.38. The Balaban J connectivity index is 2.19. The number of aliphatic hydroxyl groups is 1. The zero-order valence-corrected chi connectivity index (χ0v) is 10.00. The topological polar surface area (TPSA) is 59.7 Å². The first-order valence-electron chi connectivity index (χ1n) is 5.67. The van der Waals surface area contributed by atoms with Crippen molar-refractivity contribution in [2.24, 2.45) is 5.92 Å². The van der Waals surface area contributed by atoms with Crippen molar-refractivity contribution in [1.29, 1.82) is 0 Å². The van der Waals surface area contributed by atoms with E-state index in [1.54, 1.807) is 24.3 Å². The highest BCUT2D eigenvalue weighted by molar-refractivity contribution is 5.77. The van der Waals surface area contributed by atoms with Gasteiger partial charge in [0.05, 0.1) is 6.26 Å². The summed E-state index contributed by atoms with van der Waals surface area (Å²) in [4.78, 5) is 11.1. The molecule has 0 spiro atoms. The van der Waals surface area contributed by atoms with Crippen LogP contribution >= 0.6 is 0 Å². The molecule has 0 aliphatic carbocycles. The number of ether oxygens (including phenoxy) is 1. The van der Waals surface area contributed by atoms with Gasteiger partial charge >= 0.3 is 5.63 Å². The van der Waals surface area contributed by atoms with E-state index in [1.807, 2.05) is 13.0 Å². The number of rotatable bonds is 4. The molecule has 1 N–H and O–H groups in total. The molecule has 0 bridgehead atoms. The number of aliphatic hydroxyl groups excluding tert-OH is 1. The maximum absolute atomic E-state index is 11.1. The Labute approximate surface area is 104 Å². The van der Waals surface area contributed by atoms with Crippen LogP contribution in [0.2, 0.25) is 0 Å². The molecule has 1 aromatic carbocycles. The third-order valence-electron chi connectivity index (χ3n) is 2.49. The minimum Gasteiger partial charge on any atom is -0.465 e. The highest BCUT2D eigenvalue weighted by Crippen LogP contribution is 2.19. The monoisotopic (exact) mass is 246 g/mol. The molecule has 2 rings (SSSR count). The summed E-state index contributed by atoms with van der Waals surface area (Å²) in [6.07, 6.45) is 3.27. The van der Waals surface area contributed by atoms with Crippen molar-refractivity contribution in [3.05, 3.63) is 53.1 Å². The van der Waals surface area contributed by atoms with E-state index in [4.69, 9.17) is 14.3 Å². The first-order valence-corrected chi connectivity index (χ1v) is 5.67. The van der Waals surface area contributed by atoms with Gasteiger partial charge in [0.15, 0.2) is 0 Å². The van der Waals surface area contributed by atoms with E-state index in [1.165, 1.54) is 12.3 Å². The molecular formula is C14H14O4.